The van der Waals surface area contributed by atoms with Crippen molar-refractivity contribution in [2.45, 2.75) is 57.6 Å². The van der Waals surface area contributed by atoms with E-state index >= 15 is 0 Å². The van der Waals surface area contributed by atoms with Gasteiger partial charge < -0.3 is 20.7 Å². The number of aromatic nitrogens is 1. The molecule has 146 valence electrons. The molecule has 1 aliphatic heterocycles. The monoisotopic (exact) mass is 373 g/mol. The van der Waals surface area contributed by atoms with Gasteiger partial charge in [-0.05, 0) is 50.6 Å². The van der Waals surface area contributed by atoms with Gasteiger partial charge in [0.1, 0.15) is 5.82 Å². The maximum absolute atomic E-state index is 13.0. The molecule has 0 aliphatic carbocycles. The lowest BCUT2D eigenvalue weighted by Crippen LogP contribution is -2.41. The van der Waals surface area contributed by atoms with Crippen LogP contribution in [0.4, 0.5) is 19.0 Å². The van der Waals surface area contributed by atoms with E-state index < -0.39 is 18.9 Å². The van der Waals surface area contributed by atoms with E-state index in [9.17, 15) is 13.2 Å². The van der Waals surface area contributed by atoms with Crippen LogP contribution in [0.15, 0.2) is 12.1 Å². The van der Waals surface area contributed by atoms with Crippen molar-refractivity contribution in [3.8, 4) is 0 Å². The Balaban J connectivity index is 1.87. The van der Waals surface area contributed by atoms with Gasteiger partial charge >= 0.3 is 13.3 Å². The third-order valence-electron chi connectivity index (χ3n) is 4.99. The first-order chi connectivity index (χ1) is 12.2. The average Bonchev–Trinajstić information content (AvgIpc) is 2.57. The number of halogens is 3. The Morgan fingerprint density at radius 2 is 1.92 bits per heavy atom. The van der Waals surface area contributed by atoms with Gasteiger partial charge in [0.2, 0.25) is 0 Å². The smallest absolute Gasteiger partial charge is 0.427 e. The van der Waals surface area contributed by atoms with Crippen molar-refractivity contribution in [3.05, 3.63) is 23.4 Å². The average molecular weight is 373 g/mol. The van der Waals surface area contributed by atoms with E-state index in [1.165, 1.54) is 0 Å². The molecule has 1 aliphatic rings. The normalized spacial score (nSPS) is 17.4. The lowest BCUT2D eigenvalue weighted by Gasteiger charge is -2.35. The summed E-state index contributed by atoms with van der Waals surface area (Å²) in [5.41, 5.74) is 5.95. The summed E-state index contributed by atoms with van der Waals surface area (Å²) in [7, 11) is -1.27. The van der Waals surface area contributed by atoms with E-state index in [2.05, 4.69) is 4.98 Å². The van der Waals surface area contributed by atoms with Crippen LogP contribution in [0.5, 0.6) is 0 Å². The van der Waals surface area contributed by atoms with Crippen LogP contribution in [0.1, 0.15) is 43.4 Å². The van der Waals surface area contributed by atoms with Crippen molar-refractivity contribution < 1.29 is 23.2 Å². The zero-order valence-electron chi connectivity index (χ0n) is 15.0. The van der Waals surface area contributed by atoms with Gasteiger partial charge in [-0.15, -0.1) is 0 Å². The summed E-state index contributed by atoms with van der Waals surface area (Å²) >= 11 is 0. The third kappa shape index (κ3) is 6.14. The summed E-state index contributed by atoms with van der Waals surface area (Å²) in [6, 6.07) is 2.22. The Kier molecular flexibility index (Phi) is 7.31. The molecule has 0 radical (unpaired) electrons. The molecule has 5 nitrogen and oxygen atoms in total. The van der Waals surface area contributed by atoms with E-state index in [1.807, 2.05) is 4.90 Å². The van der Waals surface area contributed by atoms with E-state index in [0.717, 1.165) is 44.2 Å². The van der Waals surface area contributed by atoms with Crippen molar-refractivity contribution in [3.63, 3.8) is 0 Å². The first-order valence-corrected chi connectivity index (χ1v) is 9.09. The highest BCUT2D eigenvalue weighted by Gasteiger charge is 2.32. The van der Waals surface area contributed by atoms with Crippen LogP contribution >= 0.6 is 0 Å². The summed E-state index contributed by atoms with van der Waals surface area (Å²) in [6.07, 6.45) is 0.00184. The molecule has 1 aromatic heterocycles. The number of nitrogens with two attached hydrogens (primary N) is 1. The number of anilines is 1. The summed E-state index contributed by atoms with van der Waals surface area (Å²) in [4.78, 5) is 6.16. The molecule has 1 aromatic rings. The molecular formula is C17H27BF3N3O2. The van der Waals surface area contributed by atoms with Crippen molar-refractivity contribution >= 4 is 12.9 Å². The van der Waals surface area contributed by atoms with Gasteiger partial charge in [-0.3, -0.25) is 0 Å². The van der Waals surface area contributed by atoms with Gasteiger partial charge in [0.25, 0.3) is 0 Å². The number of piperidine rings is 1. The third-order valence-corrected chi connectivity index (χ3v) is 4.99. The van der Waals surface area contributed by atoms with Crippen molar-refractivity contribution in [2.24, 2.45) is 11.7 Å². The predicted octanol–water partition coefficient (Wildman–Crippen LogP) is 2.60. The first kappa shape index (κ1) is 21.0. The zero-order chi connectivity index (χ0) is 19.3. The standard InChI is InChI=1S/C17H27BF3N3O2/c1-12-10-14(17(19,20)21)11-16(23-12)24-8-5-13(6-9-24)15(22)4-2-3-7-18(25)26/h10-11,13,15,25-26H,2-9,22H2,1H3. The van der Waals surface area contributed by atoms with E-state index in [-0.39, 0.29) is 6.04 Å². The highest BCUT2D eigenvalue weighted by Crippen LogP contribution is 2.33. The molecule has 0 aromatic carbocycles. The minimum atomic E-state index is -4.37. The minimum Gasteiger partial charge on any atom is -0.427 e. The Morgan fingerprint density at radius 3 is 2.50 bits per heavy atom. The predicted molar refractivity (Wildman–Crippen MR) is 95.7 cm³/mol. The topological polar surface area (TPSA) is 82.6 Å². The lowest BCUT2D eigenvalue weighted by molar-refractivity contribution is -0.137. The van der Waals surface area contributed by atoms with Gasteiger partial charge in [0, 0.05) is 24.8 Å². The molecule has 9 heteroatoms. The fraction of sp³-hybridized carbons (Fsp3) is 0.706. The number of aryl methyl sites for hydroxylation is 1. The van der Waals surface area contributed by atoms with Crippen LogP contribution in [0.3, 0.4) is 0 Å². The molecule has 2 heterocycles. The minimum absolute atomic E-state index is 0.0317. The second-order valence-electron chi connectivity index (χ2n) is 7.11. The molecule has 1 saturated heterocycles. The van der Waals surface area contributed by atoms with Crippen LogP contribution < -0.4 is 10.6 Å². The summed E-state index contributed by atoms with van der Waals surface area (Å²) in [5, 5.41) is 17.7. The first-order valence-electron chi connectivity index (χ1n) is 9.09. The van der Waals surface area contributed by atoms with Gasteiger partial charge in [-0.25, -0.2) is 4.98 Å². The van der Waals surface area contributed by atoms with Crippen molar-refractivity contribution in [1.82, 2.24) is 4.98 Å². The fourth-order valence-corrected chi connectivity index (χ4v) is 3.48. The molecule has 0 bridgehead atoms. The molecule has 26 heavy (non-hydrogen) atoms. The van der Waals surface area contributed by atoms with E-state index in [4.69, 9.17) is 15.8 Å². The molecule has 1 atom stereocenters. The number of pyridine rings is 1. The van der Waals surface area contributed by atoms with Gasteiger partial charge in [0.05, 0.1) is 5.56 Å². The second-order valence-corrected chi connectivity index (χ2v) is 7.11. The summed E-state index contributed by atoms with van der Waals surface area (Å²) < 4.78 is 39.0. The summed E-state index contributed by atoms with van der Waals surface area (Å²) in [5.74, 6) is 0.707. The molecule has 4 N–H and O–H groups in total. The lowest BCUT2D eigenvalue weighted by atomic mass is 9.82. The van der Waals surface area contributed by atoms with Crippen LogP contribution in [-0.2, 0) is 6.18 Å². The Hall–Kier alpha value is -1.32. The zero-order valence-corrected chi connectivity index (χ0v) is 15.0. The van der Waals surface area contributed by atoms with Crippen LogP contribution in [0, 0.1) is 12.8 Å². The van der Waals surface area contributed by atoms with Crippen LogP contribution in [-0.4, -0.2) is 41.3 Å². The second kappa shape index (κ2) is 9.06. The molecule has 0 spiro atoms. The molecule has 1 fully saturated rings. The Labute approximate surface area is 152 Å². The van der Waals surface area contributed by atoms with Crippen LogP contribution in [0.2, 0.25) is 6.32 Å². The van der Waals surface area contributed by atoms with Gasteiger partial charge in [0.15, 0.2) is 0 Å². The maximum Gasteiger partial charge on any atom is 0.451 e. The Bertz CT molecular complexity index is 579. The summed E-state index contributed by atoms with van der Waals surface area (Å²) in [6.45, 7) is 2.85. The fourth-order valence-electron chi connectivity index (χ4n) is 3.48. The van der Waals surface area contributed by atoms with E-state index in [1.54, 1.807) is 6.92 Å². The molecular weight excluding hydrogens is 346 g/mol. The quantitative estimate of drug-likeness (QED) is 0.506. The molecule has 0 amide bonds. The highest BCUT2D eigenvalue weighted by atomic mass is 19.4. The van der Waals surface area contributed by atoms with Crippen molar-refractivity contribution in [1.29, 1.82) is 0 Å². The number of hydrogen-bond acceptors (Lipinski definition) is 5. The number of nitrogens with zero attached hydrogens (tertiary/aromatic N) is 2. The van der Waals surface area contributed by atoms with Crippen molar-refractivity contribution in [2.75, 3.05) is 18.0 Å². The number of rotatable bonds is 7. The largest absolute Gasteiger partial charge is 0.451 e. The van der Waals surface area contributed by atoms with Gasteiger partial charge in [-0.2, -0.15) is 13.2 Å². The molecule has 2 rings (SSSR count). The molecule has 0 saturated carbocycles. The SMILES string of the molecule is Cc1cc(C(F)(F)F)cc(N2CCC(C(N)CCCCB(O)O)CC2)n1. The van der Waals surface area contributed by atoms with Crippen LogP contribution in [0.25, 0.3) is 0 Å². The number of unbranched alkanes of at least 4 members (excludes halogenated alkanes) is 1. The Morgan fingerprint density at radius 1 is 1.27 bits per heavy atom. The molecule has 1 unspecified atom stereocenters. The number of alkyl halides is 3. The maximum atomic E-state index is 13.0. The van der Waals surface area contributed by atoms with E-state index in [0.29, 0.717) is 36.8 Å². The van der Waals surface area contributed by atoms with Gasteiger partial charge in [-0.1, -0.05) is 12.8 Å². The highest BCUT2D eigenvalue weighted by molar-refractivity contribution is 6.40. The number of hydrogen-bond donors (Lipinski definition) is 3.